The molecule has 0 aliphatic carbocycles. The van der Waals surface area contributed by atoms with Crippen molar-refractivity contribution in [3.63, 3.8) is 0 Å². The third-order valence-electron chi connectivity index (χ3n) is 5.06. The summed E-state index contributed by atoms with van der Waals surface area (Å²) in [6, 6.07) is -1.75. The van der Waals surface area contributed by atoms with E-state index in [1.165, 1.54) is 0 Å². The molecule has 1 fully saturated rings. The molecule has 1 heterocycles. The predicted molar refractivity (Wildman–Crippen MR) is 97.9 cm³/mol. The zero-order valence-corrected chi connectivity index (χ0v) is 17.0. The van der Waals surface area contributed by atoms with Crippen molar-refractivity contribution in [2.45, 2.75) is 80.2 Å². The van der Waals surface area contributed by atoms with Gasteiger partial charge in [-0.05, 0) is 0 Å². The fraction of sp³-hybridized carbons (Fsp3) is 0.882. The molecule has 32 heavy (non-hydrogen) atoms. The van der Waals surface area contributed by atoms with Crippen LogP contribution in [0.1, 0.15) is 19.8 Å². The van der Waals surface area contributed by atoms with Crippen molar-refractivity contribution in [1.82, 2.24) is 5.32 Å². The number of halogens is 1. The van der Waals surface area contributed by atoms with E-state index in [1.54, 1.807) is 0 Å². The van der Waals surface area contributed by atoms with E-state index in [4.69, 9.17) is 14.9 Å². The summed E-state index contributed by atoms with van der Waals surface area (Å²) in [4.78, 5) is 23.7. The van der Waals surface area contributed by atoms with Crippen LogP contribution >= 0.6 is 0 Å². The van der Waals surface area contributed by atoms with E-state index in [0.29, 0.717) is 0 Å². The van der Waals surface area contributed by atoms with Gasteiger partial charge in [0.15, 0.2) is 11.6 Å². The quantitative estimate of drug-likeness (QED) is 0.133. The van der Waals surface area contributed by atoms with E-state index in [9.17, 15) is 54.8 Å². The number of ether oxygens (including phenoxy) is 1. The van der Waals surface area contributed by atoms with E-state index < -0.39 is 98.2 Å². The fourth-order valence-corrected chi connectivity index (χ4v) is 3.28. The molecule has 0 aromatic heterocycles. The van der Waals surface area contributed by atoms with E-state index in [-0.39, 0.29) is 0 Å². The Kier molecular flexibility index (Phi) is 10.0. The molecule has 1 rings (SSSR count). The normalized spacial score (nSPS) is 32.8. The topological polar surface area (TPSA) is 258 Å². The average molecular weight is 475 g/mol. The van der Waals surface area contributed by atoms with Gasteiger partial charge in [-0.25, -0.2) is 4.39 Å². The number of hydrogen-bond donors (Lipinski definition) is 11. The summed E-state index contributed by atoms with van der Waals surface area (Å²) in [5, 5.41) is 98.8. The van der Waals surface area contributed by atoms with E-state index in [1.807, 2.05) is 0 Å². The van der Waals surface area contributed by atoms with Crippen molar-refractivity contribution in [3.8, 4) is 0 Å². The largest absolute Gasteiger partial charge is 0.394 e. The number of alkyl halides is 1. The Labute approximate surface area is 181 Å². The summed E-state index contributed by atoms with van der Waals surface area (Å²) in [6.07, 6.45) is -17.8. The molecule has 15 heteroatoms. The van der Waals surface area contributed by atoms with Crippen LogP contribution in [0.2, 0.25) is 0 Å². The Balaban J connectivity index is 3.13. The van der Waals surface area contributed by atoms with Crippen molar-refractivity contribution in [3.05, 3.63) is 0 Å². The van der Waals surface area contributed by atoms with Crippen LogP contribution in [0.25, 0.3) is 0 Å². The number of carbonyl (C=O) groups excluding carboxylic acids is 2. The van der Waals surface area contributed by atoms with Gasteiger partial charge in [-0.3, -0.25) is 9.59 Å². The van der Waals surface area contributed by atoms with Gasteiger partial charge in [-0.1, -0.05) is 0 Å². The maximum atomic E-state index is 14.8. The Morgan fingerprint density at radius 1 is 1.16 bits per heavy atom. The molecular formula is C17H30FNO13. The third-order valence-corrected chi connectivity index (χ3v) is 5.06. The van der Waals surface area contributed by atoms with Crippen LogP contribution in [-0.4, -0.2) is 136 Å². The minimum atomic E-state index is -3.85. The van der Waals surface area contributed by atoms with E-state index in [2.05, 4.69) is 5.32 Å². The van der Waals surface area contributed by atoms with Crippen LogP contribution in [0, 0.1) is 0 Å². The van der Waals surface area contributed by atoms with Crippen LogP contribution in [0.15, 0.2) is 0 Å². The van der Waals surface area contributed by atoms with Gasteiger partial charge < -0.3 is 61.1 Å². The SMILES string of the molecule is CC(=O)N[C@H]1[C@H]([C@@](O)(F)[C@H](O)CO)O[C@](O)(CC(=O)[C@H](O)[C@@H](O)[C@@H](O)[C@H](O)CO)C[C@@H]1O. The van der Waals surface area contributed by atoms with Crippen LogP contribution < -0.4 is 5.32 Å². The van der Waals surface area contributed by atoms with Gasteiger partial charge >= 0.3 is 0 Å². The van der Waals surface area contributed by atoms with Crippen molar-refractivity contribution >= 4 is 11.7 Å². The molecule has 10 atom stereocenters. The van der Waals surface area contributed by atoms with E-state index >= 15 is 0 Å². The Hall–Kier alpha value is -1.37. The second kappa shape index (κ2) is 11.2. The fourth-order valence-electron chi connectivity index (χ4n) is 3.28. The van der Waals surface area contributed by atoms with Gasteiger partial charge in [0.05, 0.1) is 31.8 Å². The summed E-state index contributed by atoms with van der Waals surface area (Å²) in [5.74, 6) is -8.90. The highest BCUT2D eigenvalue weighted by molar-refractivity contribution is 5.84. The molecule has 1 aliphatic heterocycles. The molecule has 1 saturated heterocycles. The van der Waals surface area contributed by atoms with Gasteiger partial charge in [0.2, 0.25) is 5.91 Å². The molecule has 11 N–H and O–H groups in total. The Morgan fingerprint density at radius 2 is 1.72 bits per heavy atom. The lowest BCUT2D eigenvalue weighted by molar-refractivity contribution is -0.347. The first-order valence-corrected chi connectivity index (χ1v) is 9.52. The second-order valence-electron chi connectivity index (χ2n) is 7.73. The Morgan fingerprint density at radius 3 is 2.19 bits per heavy atom. The van der Waals surface area contributed by atoms with Gasteiger partial charge in [0.1, 0.15) is 36.6 Å². The molecule has 0 aromatic rings. The van der Waals surface area contributed by atoms with Crippen molar-refractivity contribution < 1.29 is 69.8 Å². The lowest BCUT2D eigenvalue weighted by Crippen LogP contribution is -2.69. The number of ketones is 1. The molecule has 188 valence electrons. The minimum absolute atomic E-state index is 0.826. The lowest BCUT2D eigenvalue weighted by Gasteiger charge is -2.48. The summed E-state index contributed by atoms with van der Waals surface area (Å²) in [6.45, 7) is -1.38. The monoisotopic (exact) mass is 475 g/mol. The van der Waals surface area contributed by atoms with Crippen molar-refractivity contribution in [2.24, 2.45) is 0 Å². The van der Waals surface area contributed by atoms with Crippen LogP contribution in [0.3, 0.4) is 0 Å². The number of carbonyl (C=O) groups is 2. The number of amides is 1. The standard InChI is InChI=1S/C17H30FNO13/c1-6(22)19-11-7(23)2-16(30,32-15(11)17(18,31)10(26)5-21)3-8(24)12(27)14(29)13(28)9(25)4-20/h7,9-15,20-21,23,25-31H,2-5H2,1H3,(H,19,22)/t7-,9+,10+,11+,12-,13-,14+,15+,16-,17+/m0/s1. The number of aliphatic hydroxyl groups excluding tert-OH is 8. The molecule has 0 saturated carbocycles. The molecule has 0 spiro atoms. The zero-order valence-electron chi connectivity index (χ0n) is 17.0. The molecule has 0 unspecified atom stereocenters. The van der Waals surface area contributed by atoms with E-state index in [0.717, 1.165) is 6.92 Å². The number of aliphatic hydroxyl groups is 10. The first-order chi connectivity index (χ1) is 14.6. The second-order valence-corrected chi connectivity index (χ2v) is 7.73. The first kappa shape index (κ1) is 28.7. The van der Waals surface area contributed by atoms with Crippen LogP contribution in [0.5, 0.6) is 0 Å². The number of rotatable bonds is 11. The molecular weight excluding hydrogens is 445 g/mol. The molecule has 0 aromatic carbocycles. The smallest absolute Gasteiger partial charge is 0.263 e. The highest BCUT2D eigenvalue weighted by Gasteiger charge is 2.58. The highest BCUT2D eigenvalue weighted by Crippen LogP contribution is 2.37. The van der Waals surface area contributed by atoms with Gasteiger partial charge in [-0.15, -0.1) is 0 Å². The number of hydrogen-bond acceptors (Lipinski definition) is 13. The Bertz CT molecular complexity index is 652. The maximum Gasteiger partial charge on any atom is 0.263 e. The lowest BCUT2D eigenvalue weighted by atomic mass is 9.85. The molecule has 0 radical (unpaired) electrons. The van der Waals surface area contributed by atoms with Crippen LogP contribution in [0.4, 0.5) is 4.39 Å². The van der Waals surface area contributed by atoms with Crippen molar-refractivity contribution in [1.29, 1.82) is 0 Å². The summed E-state index contributed by atoms with van der Waals surface area (Å²) >= 11 is 0. The number of Topliss-reactive ketones (excluding diaryl/α,β-unsaturated/α-hetero) is 1. The summed E-state index contributed by atoms with van der Waals surface area (Å²) in [5.41, 5.74) is 0. The first-order valence-electron chi connectivity index (χ1n) is 9.52. The van der Waals surface area contributed by atoms with Crippen molar-refractivity contribution in [2.75, 3.05) is 13.2 Å². The molecule has 1 aliphatic rings. The zero-order chi connectivity index (χ0) is 25.0. The van der Waals surface area contributed by atoms with Crippen LogP contribution in [-0.2, 0) is 14.3 Å². The molecule has 14 nitrogen and oxygen atoms in total. The van der Waals surface area contributed by atoms with Gasteiger partial charge in [0, 0.05) is 13.3 Å². The average Bonchev–Trinajstić information content (AvgIpc) is 2.71. The summed E-state index contributed by atoms with van der Waals surface area (Å²) in [7, 11) is 0. The number of nitrogens with one attached hydrogen (secondary N) is 1. The van der Waals surface area contributed by atoms with Gasteiger partial charge in [0.25, 0.3) is 5.85 Å². The maximum absolute atomic E-state index is 14.8. The molecule has 0 bridgehead atoms. The summed E-state index contributed by atoms with van der Waals surface area (Å²) < 4.78 is 19.8. The third kappa shape index (κ3) is 6.58. The highest BCUT2D eigenvalue weighted by atomic mass is 19.2. The molecule has 1 amide bonds. The minimum Gasteiger partial charge on any atom is -0.394 e. The van der Waals surface area contributed by atoms with Gasteiger partial charge in [-0.2, -0.15) is 0 Å². The predicted octanol–water partition coefficient (Wildman–Crippen LogP) is -6.26.